The van der Waals surface area contributed by atoms with Gasteiger partial charge in [0, 0.05) is 0 Å². The summed E-state index contributed by atoms with van der Waals surface area (Å²) in [6, 6.07) is 6.38. The molecule has 0 spiro atoms. The van der Waals surface area contributed by atoms with E-state index in [0.29, 0.717) is 11.8 Å². The smallest absolute Gasteiger partial charge is 0.133 e. The molecule has 1 aromatic rings. The van der Waals surface area contributed by atoms with E-state index in [9.17, 15) is 0 Å². The van der Waals surface area contributed by atoms with E-state index in [2.05, 4.69) is 54.2 Å². The van der Waals surface area contributed by atoms with Gasteiger partial charge in [-0.1, -0.05) is 26.8 Å². The van der Waals surface area contributed by atoms with Crippen LogP contribution in [0.25, 0.3) is 0 Å². The highest BCUT2D eigenvalue weighted by Crippen LogP contribution is 2.27. The number of methoxy groups -OCH3 is 1. The van der Waals surface area contributed by atoms with E-state index < -0.39 is 0 Å². The Hall–Kier alpha value is -0.540. The molecule has 0 radical (unpaired) electrons. The van der Waals surface area contributed by atoms with E-state index in [1.807, 2.05) is 6.07 Å². The van der Waals surface area contributed by atoms with Gasteiger partial charge in [-0.15, -0.1) is 0 Å². The summed E-state index contributed by atoms with van der Waals surface area (Å²) in [5, 5.41) is 3.54. The Morgan fingerprint density at radius 2 is 2.05 bits per heavy atom. The Morgan fingerprint density at radius 3 is 2.58 bits per heavy atom. The molecule has 0 bridgehead atoms. The molecule has 0 aliphatic carbocycles. The summed E-state index contributed by atoms with van der Waals surface area (Å²) in [6.07, 6.45) is 2.30. The number of benzene rings is 1. The number of halogens is 1. The van der Waals surface area contributed by atoms with E-state index in [1.165, 1.54) is 12.0 Å². The van der Waals surface area contributed by atoms with Crippen LogP contribution in [0.15, 0.2) is 22.7 Å². The van der Waals surface area contributed by atoms with Crippen molar-refractivity contribution in [2.75, 3.05) is 20.2 Å². The number of nitrogens with one attached hydrogen (secondary N) is 1. The molecule has 1 N–H and O–H groups in total. The Labute approximate surface area is 126 Å². The maximum Gasteiger partial charge on any atom is 0.133 e. The van der Waals surface area contributed by atoms with E-state index >= 15 is 0 Å². The largest absolute Gasteiger partial charge is 0.496 e. The van der Waals surface area contributed by atoms with Crippen molar-refractivity contribution in [2.24, 2.45) is 11.8 Å². The molecule has 0 saturated carbocycles. The van der Waals surface area contributed by atoms with Gasteiger partial charge in [-0.3, -0.25) is 0 Å². The van der Waals surface area contributed by atoms with E-state index in [4.69, 9.17) is 4.74 Å². The Bertz CT molecular complexity index is 379. The molecule has 1 atom stereocenters. The SMILES string of the molecule is CCCNCC(Cc1ccc(OC)c(Br)c1)C(C)C. The summed E-state index contributed by atoms with van der Waals surface area (Å²) >= 11 is 3.56. The molecule has 0 aromatic heterocycles. The molecule has 108 valence electrons. The molecular weight excluding hydrogens is 302 g/mol. The molecule has 0 amide bonds. The van der Waals surface area contributed by atoms with Crippen molar-refractivity contribution in [2.45, 2.75) is 33.6 Å². The highest BCUT2D eigenvalue weighted by atomic mass is 79.9. The summed E-state index contributed by atoms with van der Waals surface area (Å²) in [4.78, 5) is 0. The third-order valence-corrected chi connectivity index (χ3v) is 4.11. The minimum atomic E-state index is 0.673. The molecule has 2 nitrogen and oxygen atoms in total. The zero-order valence-electron chi connectivity index (χ0n) is 12.5. The summed E-state index contributed by atoms with van der Waals surface area (Å²) in [5.74, 6) is 2.26. The van der Waals surface area contributed by atoms with Crippen molar-refractivity contribution >= 4 is 15.9 Å². The predicted molar refractivity (Wildman–Crippen MR) is 85.9 cm³/mol. The van der Waals surface area contributed by atoms with E-state index in [0.717, 1.165) is 29.7 Å². The van der Waals surface area contributed by atoms with Gasteiger partial charge in [-0.05, 0) is 71.4 Å². The van der Waals surface area contributed by atoms with Gasteiger partial charge in [0.2, 0.25) is 0 Å². The Kier molecular flexibility index (Phi) is 7.47. The maximum absolute atomic E-state index is 5.27. The minimum Gasteiger partial charge on any atom is -0.496 e. The molecule has 0 fully saturated rings. The number of rotatable bonds is 8. The standard InChI is InChI=1S/C16H26BrNO/c1-5-8-18-11-14(12(2)3)9-13-6-7-16(19-4)15(17)10-13/h6-7,10,12,14,18H,5,8-9,11H2,1-4H3. The van der Waals surface area contributed by atoms with Gasteiger partial charge in [0.25, 0.3) is 0 Å². The summed E-state index contributed by atoms with van der Waals surface area (Å²) in [6.45, 7) is 9.01. The molecule has 1 unspecified atom stereocenters. The third kappa shape index (κ3) is 5.53. The summed E-state index contributed by atoms with van der Waals surface area (Å²) in [7, 11) is 1.70. The quantitative estimate of drug-likeness (QED) is 0.720. The van der Waals surface area contributed by atoms with Crippen LogP contribution in [0.1, 0.15) is 32.8 Å². The fraction of sp³-hybridized carbons (Fsp3) is 0.625. The number of ether oxygens (including phenoxy) is 1. The highest BCUT2D eigenvalue weighted by Gasteiger charge is 2.14. The Balaban J connectivity index is 2.65. The molecule has 19 heavy (non-hydrogen) atoms. The number of hydrogen-bond acceptors (Lipinski definition) is 2. The maximum atomic E-state index is 5.27. The lowest BCUT2D eigenvalue weighted by molar-refractivity contribution is 0.360. The van der Waals surface area contributed by atoms with Crippen LogP contribution in [0.3, 0.4) is 0 Å². The van der Waals surface area contributed by atoms with Gasteiger partial charge in [0.1, 0.15) is 5.75 Å². The predicted octanol–water partition coefficient (Wildman–Crippen LogP) is 4.27. The molecule has 0 aliphatic heterocycles. The molecule has 0 saturated heterocycles. The number of hydrogen-bond donors (Lipinski definition) is 1. The summed E-state index contributed by atoms with van der Waals surface area (Å²) in [5.41, 5.74) is 1.37. The van der Waals surface area contributed by atoms with Crippen molar-refractivity contribution in [1.29, 1.82) is 0 Å². The van der Waals surface area contributed by atoms with Crippen molar-refractivity contribution in [3.8, 4) is 5.75 Å². The van der Waals surface area contributed by atoms with Gasteiger partial charge >= 0.3 is 0 Å². The summed E-state index contributed by atoms with van der Waals surface area (Å²) < 4.78 is 6.31. The monoisotopic (exact) mass is 327 g/mol. The van der Waals surface area contributed by atoms with Crippen LogP contribution in [0.2, 0.25) is 0 Å². The van der Waals surface area contributed by atoms with E-state index in [1.54, 1.807) is 7.11 Å². The van der Waals surface area contributed by atoms with Crippen LogP contribution < -0.4 is 10.1 Å². The van der Waals surface area contributed by atoms with Crippen molar-refractivity contribution in [1.82, 2.24) is 5.32 Å². The zero-order valence-corrected chi connectivity index (χ0v) is 14.1. The topological polar surface area (TPSA) is 21.3 Å². The molecule has 1 aromatic carbocycles. The van der Waals surface area contributed by atoms with Crippen LogP contribution in [0, 0.1) is 11.8 Å². The molecule has 0 aliphatic rings. The average molecular weight is 328 g/mol. The van der Waals surface area contributed by atoms with Crippen LogP contribution in [-0.2, 0) is 6.42 Å². The lowest BCUT2D eigenvalue weighted by Crippen LogP contribution is -2.28. The minimum absolute atomic E-state index is 0.673. The van der Waals surface area contributed by atoms with E-state index in [-0.39, 0.29) is 0 Å². The molecule has 1 rings (SSSR count). The highest BCUT2D eigenvalue weighted by molar-refractivity contribution is 9.10. The van der Waals surface area contributed by atoms with Gasteiger partial charge in [-0.2, -0.15) is 0 Å². The lowest BCUT2D eigenvalue weighted by atomic mass is 9.89. The zero-order chi connectivity index (χ0) is 14.3. The fourth-order valence-electron chi connectivity index (χ4n) is 2.15. The van der Waals surface area contributed by atoms with Gasteiger partial charge in [0.15, 0.2) is 0 Å². The second-order valence-electron chi connectivity index (χ2n) is 5.38. The van der Waals surface area contributed by atoms with Crippen LogP contribution >= 0.6 is 15.9 Å². The second kappa shape index (κ2) is 8.60. The van der Waals surface area contributed by atoms with Crippen LogP contribution in [0.4, 0.5) is 0 Å². The van der Waals surface area contributed by atoms with Crippen molar-refractivity contribution < 1.29 is 4.74 Å². The third-order valence-electron chi connectivity index (χ3n) is 3.49. The van der Waals surface area contributed by atoms with Crippen molar-refractivity contribution in [3.63, 3.8) is 0 Å². The normalized spacial score (nSPS) is 12.7. The lowest BCUT2D eigenvalue weighted by Gasteiger charge is -2.22. The Morgan fingerprint density at radius 1 is 1.32 bits per heavy atom. The molecular formula is C16H26BrNO. The van der Waals surface area contributed by atoms with Gasteiger partial charge in [-0.25, -0.2) is 0 Å². The average Bonchev–Trinajstić information content (AvgIpc) is 2.38. The first kappa shape index (κ1) is 16.5. The van der Waals surface area contributed by atoms with Crippen LogP contribution in [0.5, 0.6) is 5.75 Å². The first-order chi connectivity index (χ1) is 9.08. The molecule has 0 heterocycles. The second-order valence-corrected chi connectivity index (χ2v) is 6.24. The first-order valence-corrected chi connectivity index (χ1v) is 7.90. The van der Waals surface area contributed by atoms with Crippen molar-refractivity contribution in [3.05, 3.63) is 28.2 Å². The van der Waals surface area contributed by atoms with Gasteiger partial charge < -0.3 is 10.1 Å². The first-order valence-electron chi connectivity index (χ1n) is 7.11. The molecule has 3 heteroatoms. The van der Waals surface area contributed by atoms with Gasteiger partial charge in [0.05, 0.1) is 11.6 Å². The fourth-order valence-corrected chi connectivity index (χ4v) is 2.74. The van der Waals surface area contributed by atoms with Crippen LogP contribution in [-0.4, -0.2) is 20.2 Å².